The first-order valence-electron chi connectivity index (χ1n) is 13.0. The van der Waals surface area contributed by atoms with Gasteiger partial charge in [-0.2, -0.15) is 0 Å². The highest BCUT2D eigenvalue weighted by Crippen LogP contribution is 2.59. The average Bonchev–Trinajstić information content (AvgIpc) is 3.65. The van der Waals surface area contributed by atoms with Gasteiger partial charge < -0.3 is 28.7 Å². The molecule has 3 saturated heterocycles. The third-order valence-electron chi connectivity index (χ3n) is 8.46. The topological polar surface area (TPSA) is 67.1 Å². The number of nitrogens with zero attached hydrogens (tertiary/aromatic N) is 2. The van der Waals surface area contributed by atoms with Crippen LogP contribution in [0.5, 0.6) is 0 Å². The fourth-order valence-corrected chi connectivity index (χ4v) is 6.31. The first kappa shape index (κ1) is 25.0. The molecule has 33 heavy (non-hydrogen) atoms. The molecule has 0 N–H and O–H groups in total. The van der Waals surface area contributed by atoms with Gasteiger partial charge >= 0.3 is 6.09 Å². The predicted molar refractivity (Wildman–Crippen MR) is 127 cm³/mol. The summed E-state index contributed by atoms with van der Waals surface area (Å²) < 4.78 is 24.5. The number of amides is 1. The Morgan fingerprint density at radius 1 is 1.24 bits per heavy atom. The molecule has 3 aliphatic heterocycles. The van der Waals surface area contributed by atoms with E-state index in [1.165, 1.54) is 5.57 Å². The molecule has 0 aromatic rings. The summed E-state index contributed by atoms with van der Waals surface area (Å²) in [4.78, 5) is 17.6. The van der Waals surface area contributed by atoms with Gasteiger partial charge in [0, 0.05) is 26.2 Å². The number of carbonyl (C=O) groups excluding carboxylic acids is 1. The van der Waals surface area contributed by atoms with Crippen LogP contribution in [0.15, 0.2) is 11.6 Å². The molecule has 3 heterocycles. The quantitative estimate of drug-likeness (QED) is 0.379. The minimum atomic E-state index is -0.312. The molecule has 1 amide bonds. The van der Waals surface area contributed by atoms with Crippen molar-refractivity contribution < 1.29 is 23.7 Å². The molecule has 1 spiro atoms. The van der Waals surface area contributed by atoms with Crippen molar-refractivity contribution in [3.05, 3.63) is 11.6 Å². The van der Waals surface area contributed by atoms with E-state index in [9.17, 15) is 4.79 Å². The highest BCUT2D eigenvalue weighted by Gasteiger charge is 2.72. The standard InChI is InChI=1S/C26H44N2O5/c1-7-27(8-2)16-19-10-9-15-28(19)24(29)32-20-13-14-26(17-31-26)23(22(20)30-6)25(5)21(33-25)12-11-18(3)4/h11,19-23H,7-10,12-17H2,1-6H3/t19-,20-,21-,22-,23?,25+,26+/m1/s1. The third-order valence-corrected chi connectivity index (χ3v) is 8.46. The van der Waals surface area contributed by atoms with Crippen LogP contribution < -0.4 is 0 Å². The molecule has 1 aliphatic carbocycles. The number of epoxide rings is 2. The maximum absolute atomic E-state index is 13.3. The summed E-state index contributed by atoms with van der Waals surface area (Å²) in [6.45, 7) is 15.2. The molecule has 0 aromatic heterocycles. The van der Waals surface area contributed by atoms with Crippen LogP contribution in [0.2, 0.25) is 0 Å². The van der Waals surface area contributed by atoms with Crippen LogP contribution in [0.1, 0.15) is 66.7 Å². The van der Waals surface area contributed by atoms with Crippen molar-refractivity contribution in [3.8, 4) is 0 Å². The summed E-state index contributed by atoms with van der Waals surface area (Å²) in [5.74, 6) is 0.0576. The summed E-state index contributed by atoms with van der Waals surface area (Å²) in [6, 6.07) is 0.230. The lowest BCUT2D eigenvalue weighted by atomic mass is 9.68. The smallest absolute Gasteiger partial charge is 0.410 e. The van der Waals surface area contributed by atoms with Crippen LogP contribution in [0, 0.1) is 5.92 Å². The van der Waals surface area contributed by atoms with Crippen LogP contribution in [-0.2, 0) is 18.9 Å². The number of allylic oxidation sites excluding steroid dienone is 1. The van der Waals surface area contributed by atoms with Crippen LogP contribution in [0.25, 0.3) is 0 Å². The fourth-order valence-electron chi connectivity index (χ4n) is 6.31. The van der Waals surface area contributed by atoms with Gasteiger partial charge in [-0.05, 0) is 66.0 Å². The second kappa shape index (κ2) is 9.84. The number of carbonyl (C=O) groups is 1. The normalized spacial score (nSPS) is 39.7. The zero-order valence-corrected chi connectivity index (χ0v) is 21.5. The van der Waals surface area contributed by atoms with Crippen LogP contribution in [0.3, 0.4) is 0 Å². The first-order chi connectivity index (χ1) is 15.8. The zero-order valence-electron chi connectivity index (χ0n) is 21.5. The number of rotatable bonds is 9. The van der Waals surface area contributed by atoms with Crippen molar-refractivity contribution in [1.29, 1.82) is 0 Å². The van der Waals surface area contributed by atoms with E-state index in [2.05, 4.69) is 45.6 Å². The Hall–Kier alpha value is -1.15. The van der Waals surface area contributed by atoms with E-state index in [0.717, 1.165) is 64.9 Å². The fraction of sp³-hybridized carbons (Fsp3) is 0.885. The minimum absolute atomic E-state index is 0.0576. The maximum Gasteiger partial charge on any atom is 0.410 e. The summed E-state index contributed by atoms with van der Waals surface area (Å²) in [7, 11) is 1.73. The molecule has 7 nitrogen and oxygen atoms in total. The number of ether oxygens (including phenoxy) is 4. The molecule has 188 valence electrons. The molecule has 4 fully saturated rings. The number of hydrogen-bond donors (Lipinski definition) is 0. The number of likely N-dealkylation sites (tertiary alicyclic amines) is 1. The monoisotopic (exact) mass is 464 g/mol. The SMILES string of the molecule is CCN(CC)C[C@H]1CCCN1C(=O)O[C@@H]1CC[C@]2(CO2)C([C@@]2(C)O[C@@H]2CC=C(C)C)[C@@H]1OC. The van der Waals surface area contributed by atoms with Crippen LogP contribution in [-0.4, -0.2) is 91.3 Å². The van der Waals surface area contributed by atoms with E-state index < -0.39 is 0 Å². The molecule has 1 saturated carbocycles. The molecule has 7 heteroatoms. The van der Waals surface area contributed by atoms with Gasteiger partial charge in [-0.3, -0.25) is 0 Å². The zero-order chi connectivity index (χ0) is 23.8. The Balaban J connectivity index is 1.44. The molecule has 0 radical (unpaired) electrons. The van der Waals surface area contributed by atoms with E-state index in [1.54, 1.807) is 7.11 Å². The number of methoxy groups -OCH3 is 1. The van der Waals surface area contributed by atoms with Crippen molar-refractivity contribution in [2.75, 3.05) is 39.9 Å². The summed E-state index contributed by atoms with van der Waals surface area (Å²) in [6.07, 6.45) is 6.33. The van der Waals surface area contributed by atoms with Gasteiger partial charge in [-0.1, -0.05) is 25.5 Å². The molecular weight excluding hydrogens is 420 g/mol. The first-order valence-corrected chi connectivity index (χ1v) is 13.0. The Morgan fingerprint density at radius 3 is 2.58 bits per heavy atom. The Labute approximate surface area is 199 Å². The van der Waals surface area contributed by atoms with E-state index in [4.69, 9.17) is 18.9 Å². The summed E-state index contributed by atoms with van der Waals surface area (Å²) >= 11 is 0. The van der Waals surface area contributed by atoms with Gasteiger partial charge in [0.15, 0.2) is 0 Å². The summed E-state index contributed by atoms with van der Waals surface area (Å²) in [5, 5.41) is 0. The minimum Gasteiger partial charge on any atom is -0.443 e. The van der Waals surface area contributed by atoms with Crippen molar-refractivity contribution in [1.82, 2.24) is 9.80 Å². The van der Waals surface area contributed by atoms with Crippen LogP contribution in [0.4, 0.5) is 4.79 Å². The van der Waals surface area contributed by atoms with E-state index in [0.29, 0.717) is 0 Å². The molecule has 7 atom stereocenters. The summed E-state index contributed by atoms with van der Waals surface area (Å²) in [5.41, 5.74) is 0.790. The molecule has 0 bridgehead atoms. The van der Waals surface area contributed by atoms with Crippen molar-refractivity contribution in [2.45, 2.75) is 102 Å². The maximum atomic E-state index is 13.3. The van der Waals surface area contributed by atoms with E-state index in [-0.39, 0.29) is 47.6 Å². The second-order valence-corrected chi connectivity index (χ2v) is 10.8. The van der Waals surface area contributed by atoms with Crippen molar-refractivity contribution in [2.24, 2.45) is 5.92 Å². The van der Waals surface area contributed by atoms with Gasteiger partial charge in [0.05, 0.1) is 18.6 Å². The number of likely N-dealkylation sites (N-methyl/N-ethyl adjacent to an activating group) is 1. The lowest BCUT2D eigenvalue weighted by Crippen LogP contribution is -2.56. The Kier molecular flexibility index (Phi) is 7.44. The Morgan fingerprint density at radius 2 is 1.97 bits per heavy atom. The predicted octanol–water partition coefficient (Wildman–Crippen LogP) is 4.01. The molecule has 1 unspecified atom stereocenters. The van der Waals surface area contributed by atoms with Gasteiger partial charge in [0.1, 0.15) is 23.4 Å². The van der Waals surface area contributed by atoms with Crippen LogP contribution >= 0.6 is 0 Å². The van der Waals surface area contributed by atoms with Gasteiger partial charge in [-0.25, -0.2) is 4.79 Å². The molecular formula is C26H44N2O5. The largest absolute Gasteiger partial charge is 0.443 e. The van der Waals surface area contributed by atoms with Gasteiger partial charge in [0.25, 0.3) is 0 Å². The molecule has 0 aromatic carbocycles. The highest BCUT2D eigenvalue weighted by molar-refractivity contribution is 5.68. The van der Waals surface area contributed by atoms with Crippen molar-refractivity contribution in [3.63, 3.8) is 0 Å². The third kappa shape index (κ3) is 4.97. The second-order valence-electron chi connectivity index (χ2n) is 10.8. The lowest BCUT2D eigenvalue weighted by molar-refractivity contribution is -0.122. The molecule has 4 aliphatic rings. The molecule has 4 rings (SSSR count). The number of hydrogen-bond acceptors (Lipinski definition) is 6. The average molecular weight is 465 g/mol. The van der Waals surface area contributed by atoms with E-state index >= 15 is 0 Å². The van der Waals surface area contributed by atoms with Gasteiger partial charge in [0.2, 0.25) is 0 Å². The lowest BCUT2D eigenvalue weighted by Gasteiger charge is -2.43. The van der Waals surface area contributed by atoms with Crippen molar-refractivity contribution >= 4 is 6.09 Å². The Bertz CT molecular complexity index is 730. The highest BCUT2D eigenvalue weighted by atomic mass is 16.6. The van der Waals surface area contributed by atoms with E-state index in [1.807, 2.05) is 4.90 Å². The van der Waals surface area contributed by atoms with Gasteiger partial charge in [-0.15, -0.1) is 0 Å².